The summed E-state index contributed by atoms with van der Waals surface area (Å²) >= 11 is 0. The third kappa shape index (κ3) is 3.25. The lowest BCUT2D eigenvalue weighted by atomic mass is 10.0. The number of nitrogens with two attached hydrogens (primary N) is 2. The molecule has 8 nitrogen and oxygen atoms in total. The van der Waals surface area contributed by atoms with E-state index in [0.717, 1.165) is 22.5 Å². The summed E-state index contributed by atoms with van der Waals surface area (Å²) in [7, 11) is 3.86. The van der Waals surface area contributed by atoms with E-state index in [9.17, 15) is 9.90 Å². The number of hydrogen-bond acceptors (Lipinski definition) is 5. The van der Waals surface area contributed by atoms with Gasteiger partial charge in [-0.15, -0.1) is 0 Å². The molecule has 3 aromatic rings. The van der Waals surface area contributed by atoms with E-state index in [1.54, 1.807) is 6.20 Å². The molecule has 0 bridgehead atoms. The number of primary amides is 1. The molecular formula is C17H20N6O2. The average Bonchev–Trinajstić information content (AvgIpc) is 2.91. The first kappa shape index (κ1) is 16.7. The number of aliphatic hydroxyl groups excluding tert-OH is 1. The molecule has 8 heteroatoms. The molecule has 0 aliphatic carbocycles. The Morgan fingerprint density at radius 1 is 1.28 bits per heavy atom. The van der Waals surface area contributed by atoms with Crippen LogP contribution in [0.5, 0.6) is 0 Å². The van der Waals surface area contributed by atoms with Crippen molar-refractivity contribution >= 4 is 28.6 Å². The minimum absolute atomic E-state index is 0.288. The van der Waals surface area contributed by atoms with Crippen molar-refractivity contribution < 1.29 is 9.90 Å². The van der Waals surface area contributed by atoms with Crippen LogP contribution >= 0.6 is 0 Å². The molecule has 0 saturated heterocycles. The first-order valence-corrected chi connectivity index (χ1v) is 7.66. The van der Waals surface area contributed by atoms with Gasteiger partial charge in [0, 0.05) is 42.3 Å². The number of hydrogen-bond donors (Lipinski definition) is 5. The highest BCUT2D eigenvalue weighted by molar-refractivity contribution is 5.97. The minimum Gasteiger partial charge on any atom is -0.374 e. The molecule has 0 aliphatic heterocycles. The molecule has 0 aliphatic rings. The number of aromatic amines is 1. The van der Waals surface area contributed by atoms with Crippen LogP contribution in [0.25, 0.3) is 22.0 Å². The topological polar surface area (TPSA) is 133 Å². The highest BCUT2D eigenvalue weighted by Crippen LogP contribution is 2.32. The number of amides is 2. The van der Waals surface area contributed by atoms with Crippen molar-refractivity contribution in [2.45, 2.75) is 6.23 Å². The van der Waals surface area contributed by atoms with Crippen LogP contribution in [-0.4, -0.2) is 35.2 Å². The molecule has 0 radical (unpaired) electrons. The lowest BCUT2D eigenvalue weighted by molar-refractivity contribution is 0.188. The summed E-state index contributed by atoms with van der Waals surface area (Å²) in [6.45, 7) is 0. The number of fused-ring (bicyclic) bond motifs is 1. The van der Waals surface area contributed by atoms with Crippen molar-refractivity contribution in [3.8, 4) is 11.1 Å². The van der Waals surface area contributed by atoms with Gasteiger partial charge in [0.1, 0.15) is 17.9 Å². The zero-order chi connectivity index (χ0) is 18.1. The van der Waals surface area contributed by atoms with Crippen LogP contribution in [0.1, 0.15) is 11.8 Å². The Bertz CT molecular complexity index is 915. The molecule has 1 atom stereocenters. The van der Waals surface area contributed by atoms with E-state index in [4.69, 9.17) is 11.5 Å². The number of pyridine rings is 1. The Balaban J connectivity index is 2.06. The number of nitrogens with one attached hydrogen (secondary N) is 2. The fourth-order valence-electron chi connectivity index (χ4n) is 2.75. The second kappa shape index (κ2) is 6.42. The SMILES string of the molecule is CN(C)c1ccc(-c2ccc3c(C(N)O)c(NC(N)=O)[nH]c3c2)cn1. The van der Waals surface area contributed by atoms with Crippen molar-refractivity contribution in [3.63, 3.8) is 0 Å². The van der Waals surface area contributed by atoms with Crippen LogP contribution in [0.2, 0.25) is 0 Å². The van der Waals surface area contributed by atoms with Gasteiger partial charge in [-0.1, -0.05) is 12.1 Å². The van der Waals surface area contributed by atoms with Crippen molar-refractivity contribution in [2.24, 2.45) is 11.5 Å². The zero-order valence-corrected chi connectivity index (χ0v) is 13.9. The average molecular weight is 340 g/mol. The number of urea groups is 1. The first-order valence-electron chi connectivity index (χ1n) is 7.66. The summed E-state index contributed by atoms with van der Waals surface area (Å²) in [5.41, 5.74) is 13.8. The van der Waals surface area contributed by atoms with Crippen molar-refractivity contribution in [1.82, 2.24) is 9.97 Å². The Hall–Kier alpha value is -3.10. The van der Waals surface area contributed by atoms with Gasteiger partial charge in [-0.25, -0.2) is 9.78 Å². The van der Waals surface area contributed by atoms with Gasteiger partial charge < -0.3 is 26.5 Å². The van der Waals surface area contributed by atoms with E-state index in [2.05, 4.69) is 15.3 Å². The van der Waals surface area contributed by atoms with Crippen LogP contribution in [0.15, 0.2) is 36.5 Å². The molecule has 1 unspecified atom stereocenters. The van der Waals surface area contributed by atoms with E-state index in [1.807, 2.05) is 49.3 Å². The molecule has 7 N–H and O–H groups in total. The summed E-state index contributed by atoms with van der Waals surface area (Å²) in [5, 5.41) is 13.0. The van der Waals surface area contributed by atoms with E-state index >= 15 is 0 Å². The van der Waals surface area contributed by atoms with Gasteiger partial charge in [-0.05, 0) is 23.8 Å². The Labute approximate surface area is 144 Å². The lowest BCUT2D eigenvalue weighted by Gasteiger charge is -2.11. The van der Waals surface area contributed by atoms with Crippen LogP contribution in [-0.2, 0) is 0 Å². The van der Waals surface area contributed by atoms with Gasteiger partial charge in [-0.3, -0.25) is 5.32 Å². The van der Waals surface area contributed by atoms with E-state index in [-0.39, 0.29) is 5.82 Å². The van der Waals surface area contributed by atoms with Gasteiger partial charge in [0.05, 0.1) is 0 Å². The summed E-state index contributed by atoms with van der Waals surface area (Å²) in [6.07, 6.45) is 0.545. The third-order valence-electron chi connectivity index (χ3n) is 3.92. The van der Waals surface area contributed by atoms with Crippen LogP contribution in [0.4, 0.5) is 16.4 Å². The second-order valence-corrected chi connectivity index (χ2v) is 5.91. The molecule has 2 aromatic heterocycles. The number of nitrogens with zero attached hydrogens (tertiary/aromatic N) is 2. The molecule has 130 valence electrons. The van der Waals surface area contributed by atoms with Crippen molar-refractivity contribution in [3.05, 3.63) is 42.1 Å². The monoisotopic (exact) mass is 340 g/mol. The fraction of sp³-hybridized carbons (Fsp3) is 0.176. The smallest absolute Gasteiger partial charge is 0.317 e. The highest BCUT2D eigenvalue weighted by Gasteiger charge is 2.17. The van der Waals surface area contributed by atoms with E-state index < -0.39 is 12.3 Å². The standard InChI is InChI=1S/C17H20N6O2/c1-23(2)13-6-4-10(8-20-13)9-3-5-11-12(7-9)21-16(22-17(19)25)14(11)15(18)24/h3-8,15,21,24H,18H2,1-2H3,(H3,19,22,25). The Morgan fingerprint density at radius 3 is 2.56 bits per heavy atom. The molecule has 2 heterocycles. The van der Waals surface area contributed by atoms with Crippen LogP contribution < -0.4 is 21.7 Å². The molecule has 25 heavy (non-hydrogen) atoms. The molecule has 3 rings (SSSR count). The molecule has 2 amide bonds. The second-order valence-electron chi connectivity index (χ2n) is 5.91. The predicted octanol–water partition coefficient (Wildman–Crippen LogP) is 1.74. The van der Waals surface area contributed by atoms with Crippen molar-refractivity contribution in [2.75, 3.05) is 24.3 Å². The molecule has 1 aromatic carbocycles. The largest absolute Gasteiger partial charge is 0.374 e. The van der Waals surface area contributed by atoms with E-state index in [0.29, 0.717) is 10.9 Å². The summed E-state index contributed by atoms with van der Waals surface area (Å²) in [5.74, 6) is 1.15. The van der Waals surface area contributed by atoms with Gasteiger partial charge in [0.15, 0.2) is 0 Å². The summed E-state index contributed by atoms with van der Waals surface area (Å²) in [6, 6.07) is 8.81. The number of benzene rings is 1. The Kier molecular flexibility index (Phi) is 4.30. The number of anilines is 2. The minimum atomic E-state index is -1.25. The zero-order valence-electron chi connectivity index (χ0n) is 13.9. The number of aliphatic hydroxyl groups is 1. The highest BCUT2D eigenvalue weighted by atomic mass is 16.3. The molecule has 0 fully saturated rings. The normalized spacial score (nSPS) is 12.2. The van der Waals surface area contributed by atoms with E-state index in [1.165, 1.54) is 0 Å². The number of H-pyrrole nitrogens is 1. The maximum atomic E-state index is 11.2. The molecular weight excluding hydrogens is 320 g/mol. The Morgan fingerprint density at radius 2 is 2.00 bits per heavy atom. The summed E-state index contributed by atoms with van der Waals surface area (Å²) in [4.78, 5) is 20.5. The van der Waals surface area contributed by atoms with Gasteiger partial charge in [0.25, 0.3) is 0 Å². The van der Waals surface area contributed by atoms with Gasteiger partial charge in [0.2, 0.25) is 0 Å². The predicted molar refractivity (Wildman–Crippen MR) is 98.2 cm³/mol. The number of carbonyl (C=O) groups excluding carboxylic acids is 1. The fourth-order valence-corrected chi connectivity index (χ4v) is 2.75. The molecule has 0 saturated carbocycles. The van der Waals surface area contributed by atoms with Crippen molar-refractivity contribution in [1.29, 1.82) is 0 Å². The van der Waals surface area contributed by atoms with Crippen LogP contribution in [0, 0.1) is 0 Å². The van der Waals surface area contributed by atoms with Gasteiger partial charge in [-0.2, -0.15) is 0 Å². The number of carbonyl (C=O) groups is 1. The number of rotatable bonds is 4. The lowest BCUT2D eigenvalue weighted by Crippen LogP contribution is -2.21. The third-order valence-corrected chi connectivity index (χ3v) is 3.92. The number of aromatic nitrogens is 2. The van der Waals surface area contributed by atoms with Gasteiger partial charge >= 0.3 is 6.03 Å². The maximum absolute atomic E-state index is 11.2. The first-order chi connectivity index (χ1) is 11.9. The maximum Gasteiger partial charge on any atom is 0.317 e. The van der Waals surface area contributed by atoms with Crippen LogP contribution in [0.3, 0.4) is 0 Å². The summed E-state index contributed by atoms with van der Waals surface area (Å²) < 4.78 is 0. The quantitative estimate of drug-likeness (QED) is 0.461. The molecule has 0 spiro atoms.